The molecule has 0 aliphatic heterocycles. The van der Waals surface area contributed by atoms with Crippen LogP contribution in [0.15, 0.2) is 36.5 Å². The molecule has 0 aromatic carbocycles. The first kappa shape index (κ1) is 39.1. The van der Waals surface area contributed by atoms with Gasteiger partial charge in [-0.15, -0.1) is 0 Å². The molecule has 0 heterocycles. The van der Waals surface area contributed by atoms with E-state index in [1.807, 2.05) is 18.2 Å². The third kappa shape index (κ3) is 30.9. The molecule has 0 radical (unpaired) electrons. The second kappa shape index (κ2) is 29.6. The summed E-state index contributed by atoms with van der Waals surface area (Å²) in [6.45, 7) is 6.35. The molecule has 2 atom stereocenters. The van der Waals surface area contributed by atoms with Crippen molar-refractivity contribution < 1.29 is 29.3 Å². The molecule has 0 amide bonds. The molecule has 0 bridgehead atoms. The molecule has 6 heteroatoms. The van der Waals surface area contributed by atoms with Gasteiger partial charge in [-0.05, 0) is 44.4 Å². The van der Waals surface area contributed by atoms with E-state index in [0.717, 1.165) is 70.1 Å². The average molecular weight is 579 g/mol. The van der Waals surface area contributed by atoms with E-state index in [9.17, 15) is 19.8 Å². The van der Waals surface area contributed by atoms with E-state index in [-0.39, 0.29) is 25.2 Å². The number of allylic oxidation sites excluding steroid dienone is 4. The van der Waals surface area contributed by atoms with Crippen molar-refractivity contribution in [3.8, 4) is 0 Å². The van der Waals surface area contributed by atoms with Crippen molar-refractivity contribution in [2.75, 3.05) is 13.2 Å². The lowest BCUT2D eigenvalue weighted by molar-refractivity contribution is -0.152. The monoisotopic (exact) mass is 578 g/mol. The van der Waals surface area contributed by atoms with Crippen LogP contribution >= 0.6 is 0 Å². The number of hydrogen-bond donors (Lipinski definition) is 2. The molecule has 2 N–H and O–H groups in total. The molecule has 0 saturated heterocycles. The quantitative estimate of drug-likeness (QED) is 0.0418. The number of hydrogen-bond acceptors (Lipinski definition) is 6. The fraction of sp³-hybridized carbons (Fsp3) is 0.771. The minimum absolute atomic E-state index is 0.135. The number of aliphatic hydroxyl groups excluding tert-OH is 2. The van der Waals surface area contributed by atoms with Crippen LogP contribution in [-0.4, -0.2) is 47.6 Å². The van der Waals surface area contributed by atoms with E-state index < -0.39 is 12.2 Å². The fourth-order valence-corrected chi connectivity index (χ4v) is 4.36. The summed E-state index contributed by atoms with van der Waals surface area (Å²) in [4.78, 5) is 23.8. The summed E-state index contributed by atoms with van der Waals surface area (Å²) in [7, 11) is 0. The summed E-state index contributed by atoms with van der Waals surface area (Å²) in [6.07, 6.45) is 29.6. The predicted molar refractivity (Wildman–Crippen MR) is 170 cm³/mol. The van der Waals surface area contributed by atoms with E-state index >= 15 is 0 Å². The summed E-state index contributed by atoms with van der Waals surface area (Å²) >= 11 is 0. The third-order valence-electron chi connectivity index (χ3n) is 6.90. The molecule has 0 spiro atoms. The van der Waals surface area contributed by atoms with Crippen molar-refractivity contribution >= 4 is 11.9 Å². The highest BCUT2D eigenvalue weighted by molar-refractivity contribution is 5.69. The Balaban J connectivity index is 3.55. The molecule has 0 aromatic heterocycles. The van der Waals surface area contributed by atoms with Crippen LogP contribution in [0, 0.1) is 5.92 Å². The second-order valence-electron chi connectivity index (χ2n) is 11.6. The van der Waals surface area contributed by atoms with Gasteiger partial charge in [-0.25, -0.2) is 0 Å². The van der Waals surface area contributed by atoms with Gasteiger partial charge < -0.3 is 19.7 Å². The largest absolute Gasteiger partial charge is 0.463 e. The Labute approximate surface area is 251 Å². The van der Waals surface area contributed by atoms with E-state index in [1.54, 1.807) is 6.08 Å². The SMILES string of the molecule is CC/C=C/CC(O)/C=C/C=C/CCCCCCCC(=O)OC[C@@H](O)COC(=O)CCCCCCCCCCC(C)C. The van der Waals surface area contributed by atoms with Gasteiger partial charge in [-0.1, -0.05) is 128 Å². The van der Waals surface area contributed by atoms with Crippen molar-refractivity contribution in [2.45, 2.75) is 155 Å². The number of aliphatic hydroxyl groups is 2. The van der Waals surface area contributed by atoms with Gasteiger partial charge in [0.1, 0.15) is 19.3 Å². The lowest BCUT2D eigenvalue weighted by Gasteiger charge is -2.12. The minimum atomic E-state index is -0.984. The van der Waals surface area contributed by atoms with Crippen LogP contribution in [0.1, 0.15) is 143 Å². The van der Waals surface area contributed by atoms with Crippen molar-refractivity contribution in [3.05, 3.63) is 36.5 Å². The van der Waals surface area contributed by atoms with Gasteiger partial charge in [0.05, 0.1) is 6.10 Å². The second-order valence-corrected chi connectivity index (χ2v) is 11.6. The zero-order valence-electron chi connectivity index (χ0n) is 26.6. The van der Waals surface area contributed by atoms with Gasteiger partial charge in [0.15, 0.2) is 0 Å². The highest BCUT2D eigenvalue weighted by atomic mass is 16.6. The van der Waals surface area contributed by atoms with Gasteiger partial charge in [-0.2, -0.15) is 0 Å². The average Bonchev–Trinajstić information content (AvgIpc) is 2.94. The van der Waals surface area contributed by atoms with E-state index in [0.29, 0.717) is 19.3 Å². The highest BCUT2D eigenvalue weighted by Crippen LogP contribution is 2.13. The van der Waals surface area contributed by atoms with Crippen molar-refractivity contribution in [1.29, 1.82) is 0 Å². The Morgan fingerprint density at radius 3 is 1.71 bits per heavy atom. The maximum Gasteiger partial charge on any atom is 0.305 e. The van der Waals surface area contributed by atoms with Gasteiger partial charge in [0.2, 0.25) is 0 Å². The molecule has 6 nitrogen and oxygen atoms in total. The number of carbonyl (C=O) groups is 2. The van der Waals surface area contributed by atoms with Crippen LogP contribution in [-0.2, 0) is 19.1 Å². The normalized spacial score (nSPS) is 13.5. The summed E-state index contributed by atoms with van der Waals surface area (Å²) in [5, 5.41) is 19.7. The Bertz CT molecular complexity index is 697. The number of rotatable bonds is 28. The summed E-state index contributed by atoms with van der Waals surface area (Å²) < 4.78 is 10.2. The zero-order valence-corrected chi connectivity index (χ0v) is 26.6. The molecule has 0 aliphatic carbocycles. The van der Waals surface area contributed by atoms with Crippen LogP contribution < -0.4 is 0 Å². The highest BCUT2D eigenvalue weighted by Gasteiger charge is 2.12. The molecular formula is C35H62O6. The molecule has 0 fully saturated rings. The first-order valence-corrected chi connectivity index (χ1v) is 16.5. The summed E-state index contributed by atoms with van der Waals surface area (Å²) in [5.74, 6) is 0.179. The van der Waals surface area contributed by atoms with Crippen LogP contribution in [0.4, 0.5) is 0 Å². The molecule has 1 unspecified atom stereocenters. The summed E-state index contributed by atoms with van der Waals surface area (Å²) in [6, 6.07) is 0. The lowest BCUT2D eigenvalue weighted by atomic mass is 10.0. The molecule has 0 rings (SSSR count). The molecule has 0 aromatic rings. The van der Waals surface area contributed by atoms with Crippen LogP contribution in [0.2, 0.25) is 0 Å². The molecular weight excluding hydrogens is 516 g/mol. The topological polar surface area (TPSA) is 93.1 Å². The smallest absolute Gasteiger partial charge is 0.305 e. The van der Waals surface area contributed by atoms with Crippen molar-refractivity contribution in [1.82, 2.24) is 0 Å². The number of esters is 2. The standard InChI is InChI=1S/C35H62O6/c1-4-5-19-25-32(36)26-21-16-12-7-6-8-13-17-22-27-34(38)40-29-33(37)30-41-35(39)28-23-18-14-10-9-11-15-20-24-31(2)3/h5,12,16,19,21,26,31-33,36-37H,4,6-11,13-15,17-18,20,22-25,27-30H2,1-3H3/b16-12+,19-5+,26-21+/t32?,33-/m1/s1. The molecule has 41 heavy (non-hydrogen) atoms. The number of carbonyl (C=O) groups excluding carboxylic acids is 2. The molecule has 0 aliphatic rings. The maximum absolute atomic E-state index is 11.9. The van der Waals surface area contributed by atoms with Crippen LogP contribution in [0.3, 0.4) is 0 Å². The zero-order chi connectivity index (χ0) is 30.4. The van der Waals surface area contributed by atoms with E-state index in [2.05, 4.69) is 32.9 Å². The first-order chi connectivity index (χ1) is 19.8. The fourth-order valence-electron chi connectivity index (χ4n) is 4.36. The Morgan fingerprint density at radius 2 is 1.17 bits per heavy atom. The Kier molecular flexibility index (Phi) is 28.2. The molecule has 0 saturated carbocycles. The molecule has 238 valence electrons. The van der Waals surface area contributed by atoms with Gasteiger partial charge in [0.25, 0.3) is 0 Å². The number of unbranched alkanes of at least 4 members (excludes halogenated alkanes) is 12. The van der Waals surface area contributed by atoms with Crippen LogP contribution in [0.5, 0.6) is 0 Å². The first-order valence-electron chi connectivity index (χ1n) is 16.5. The van der Waals surface area contributed by atoms with E-state index in [4.69, 9.17) is 9.47 Å². The van der Waals surface area contributed by atoms with Crippen molar-refractivity contribution in [2.24, 2.45) is 5.92 Å². The van der Waals surface area contributed by atoms with Gasteiger partial charge in [0, 0.05) is 12.8 Å². The van der Waals surface area contributed by atoms with Gasteiger partial charge >= 0.3 is 11.9 Å². The van der Waals surface area contributed by atoms with Gasteiger partial charge in [-0.3, -0.25) is 9.59 Å². The minimum Gasteiger partial charge on any atom is -0.463 e. The Morgan fingerprint density at radius 1 is 0.659 bits per heavy atom. The number of ether oxygens (including phenoxy) is 2. The van der Waals surface area contributed by atoms with Crippen molar-refractivity contribution in [3.63, 3.8) is 0 Å². The Hall–Kier alpha value is -1.92. The van der Waals surface area contributed by atoms with Crippen LogP contribution in [0.25, 0.3) is 0 Å². The predicted octanol–water partition coefficient (Wildman–Crippen LogP) is 8.55. The lowest BCUT2D eigenvalue weighted by Crippen LogP contribution is -2.25. The summed E-state index contributed by atoms with van der Waals surface area (Å²) in [5.41, 5.74) is 0. The van der Waals surface area contributed by atoms with E-state index in [1.165, 1.54) is 38.5 Å². The third-order valence-corrected chi connectivity index (χ3v) is 6.90. The maximum atomic E-state index is 11.9.